The molecule has 1 aromatic rings. The van der Waals surface area contributed by atoms with E-state index in [1.54, 1.807) is 17.4 Å². The maximum absolute atomic E-state index is 8.18. The van der Waals surface area contributed by atoms with Crippen molar-refractivity contribution in [1.82, 2.24) is 0 Å². The Hall–Kier alpha value is -0.960. The van der Waals surface area contributed by atoms with E-state index in [-0.39, 0.29) is 0 Å². The molecular weight excluding hydrogens is 178 g/mol. The van der Waals surface area contributed by atoms with Crippen LogP contribution in [0.4, 0.5) is 0 Å². The molecular formula is C8H6ClNS. The average molecular weight is 184 g/mol. The first-order valence-corrected chi connectivity index (χ1v) is 4.24. The summed E-state index contributed by atoms with van der Waals surface area (Å²) in [6, 6.07) is 3.81. The first-order valence-electron chi connectivity index (χ1n) is 2.77. The Morgan fingerprint density at radius 3 is 2.55 bits per heavy atom. The summed E-state index contributed by atoms with van der Waals surface area (Å²) in [5.74, 6) is 2.52. The molecule has 1 heterocycles. The molecule has 56 valence electrons. The fraction of sp³-hybridized carbons (Fsp3) is 0.125. The van der Waals surface area contributed by atoms with Crippen LogP contribution in [0.5, 0.6) is 0 Å². The topological polar surface area (TPSA) is 23.8 Å². The van der Waals surface area contributed by atoms with Gasteiger partial charge in [-0.1, -0.05) is 5.92 Å². The summed E-state index contributed by atoms with van der Waals surface area (Å²) in [6.45, 7) is 0. The molecule has 0 aliphatic heterocycles. The smallest absolute Gasteiger partial charge is 0.1000 e. The fourth-order valence-electron chi connectivity index (χ4n) is 0.328. The van der Waals surface area contributed by atoms with Gasteiger partial charge in [-0.2, -0.15) is 16.6 Å². The van der Waals surface area contributed by atoms with Gasteiger partial charge in [-0.3, -0.25) is 0 Å². The van der Waals surface area contributed by atoms with Crippen LogP contribution < -0.4 is 0 Å². The van der Waals surface area contributed by atoms with Gasteiger partial charge in [-0.25, -0.2) is 0 Å². The van der Waals surface area contributed by atoms with E-state index in [0.29, 0.717) is 5.88 Å². The number of thiophene rings is 1. The fourth-order valence-corrected chi connectivity index (χ4v) is 0.910. The molecule has 1 rings (SSSR count). The molecule has 0 aliphatic rings. The zero-order valence-electron chi connectivity index (χ0n) is 5.75. The van der Waals surface area contributed by atoms with E-state index in [2.05, 4.69) is 12.3 Å². The van der Waals surface area contributed by atoms with Gasteiger partial charge >= 0.3 is 0 Å². The number of terminal acetylenes is 1. The van der Waals surface area contributed by atoms with Gasteiger partial charge in [0.05, 0.1) is 17.5 Å². The van der Waals surface area contributed by atoms with Crippen molar-refractivity contribution in [1.29, 1.82) is 5.26 Å². The summed E-state index contributed by atoms with van der Waals surface area (Å²) >= 11 is 6.49. The zero-order chi connectivity index (χ0) is 8.53. The average Bonchev–Trinajstić information content (AvgIpc) is 2.56. The Labute approximate surface area is 75.2 Å². The van der Waals surface area contributed by atoms with Crippen LogP contribution in [0.1, 0.15) is 5.56 Å². The number of rotatable bonds is 0. The number of nitriles is 1. The van der Waals surface area contributed by atoms with Crippen LogP contribution in [-0.2, 0) is 0 Å². The summed E-state index contributed by atoms with van der Waals surface area (Å²) in [7, 11) is 0. The van der Waals surface area contributed by atoms with Gasteiger partial charge in [0.15, 0.2) is 0 Å². The van der Waals surface area contributed by atoms with Crippen molar-refractivity contribution >= 4 is 22.9 Å². The van der Waals surface area contributed by atoms with Crippen molar-refractivity contribution in [3.8, 4) is 18.4 Å². The molecule has 0 aliphatic carbocycles. The molecule has 1 aromatic heterocycles. The zero-order valence-corrected chi connectivity index (χ0v) is 7.32. The summed E-state index contributed by atoms with van der Waals surface area (Å²) in [5, 5.41) is 11.9. The van der Waals surface area contributed by atoms with Crippen molar-refractivity contribution in [2.24, 2.45) is 0 Å². The van der Waals surface area contributed by atoms with E-state index in [4.69, 9.17) is 16.9 Å². The molecule has 0 spiro atoms. The van der Waals surface area contributed by atoms with Crippen LogP contribution in [0.2, 0.25) is 0 Å². The first-order chi connectivity index (χ1) is 5.35. The molecule has 0 bridgehead atoms. The van der Waals surface area contributed by atoms with Crippen LogP contribution in [-0.4, -0.2) is 5.88 Å². The highest BCUT2D eigenvalue weighted by atomic mass is 35.5. The Morgan fingerprint density at radius 1 is 1.73 bits per heavy atom. The van der Waals surface area contributed by atoms with Gasteiger partial charge in [-0.05, 0) is 11.4 Å². The third-order valence-electron chi connectivity index (χ3n) is 0.727. The highest BCUT2D eigenvalue weighted by molar-refractivity contribution is 7.08. The molecule has 0 amide bonds. The van der Waals surface area contributed by atoms with Crippen LogP contribution in [0, 0.1) is 23.7 Å². The molecule has 0 saturated heterocycles. The number of hydrogen-bond donors (Lipinski definition) is 0. The van der Waals surface area contributed by atoms with Crippen molar-refractivity contribution in [2.45, 2.75) is 0 Å². The summed E-state index contributed by atoms with van der Waals surface area (Å²) < 4.78 is 0. The predicted molar refractivity (Wildman–Crippen MR) is 48.6 cm³/mol. The number of hydrogen-bond acceptors (Lipinski definition) is 2. The standard InChI is InChI=1S/C5H3NS.C3H3Cl/c6-3-5-1-2-7-4-5;1-2-3-4/h1-2,4H;1H,3H2. The molecule has 0 fully saturated rings. The quantitative estimate of drug-likeness (QED) is 0.448. The lowest BCUT2D eigenvalue weighted by Crippen LogP contribution is -1.54. The number of halogens is 1. The van der Waals surface area contributed by atoms with Crippen molar-refractivity contribution in [2.75, 3.05) is 5.88 Å². The number of nitrogens with zero attached hydrogens (tertiary/aromatic N) is 1. The Bertz CT molecular complexity index is 253. The van der Waals surface area contributed by atoms with Crippen LogP contribution in [0.15, 0.2) is 16.8 Å². The molecule has 0 unspecified atom stereocenters. The molecule has 1 nitrogen and oxygen atoms in total. The van der Waals surface area contributed by atoms with Gasteiger partial charge in [-0.15, -0.1) is 18.0 Å². The van der Waals surface area contributed by atoms with Crippen LogP contribution in [0.25, 0.3) is 0 Å². The van der Waals surface area contributed by atoms with Crippen molar-refractivity contribution in [3.05, 3.63) is 22.4 Å². The minimum atomic E-state index is 0.319. The van der Waals surface area contributed by atoms with E-state index in [1.807, 2.05) is 16.8 Å². The van der Waals surface area contributed by atoms with E-state index in [9.17, 15) is 0 Å². The molecule has 0 atom stereocenters. The van der Waals surface area contributed by atoms with E-state index in [1.165, 1.54) is 0 Å². The maximum Gasteiger partial charge on any atom is 0.1000 e. The first kappa shape index (κ1) is 10.0. The largest absolute Gasteiger partial charge is 0.192 e. The normalized spacial score (nSPS) is 6.82. The molecule has 3 heteroatoms. The Kier molecular flexibility index (Phi) is 6.53. The SMILES string of the molecule is C#CCCl.N#Cc1ccsc1. The second-order valence-corrected chi connectivity index (χ2v) is 2.51. The molecule has 0 saturated carbocycles. The van der Waals surface area contributed by atoms with E-state index in [0.717, 1.165) is 5.56 Å². The molecule has 0 aromatic carbocycles. The van der Waals surface area contributed by atoms with E-state index >= 15 is 0 Å². The molecule has 0 radical (unpaired) electrons. The lowest BCUT2D eigenvalue weighted by atomic mass is 10.4. The summed E-state index contributed by atoms with van der Waals surface area (Å²) in [6.07, 6.45) is 4.65. The van der Waals surface area contributed by atoms with Gasteiger partial charge < -0.3 is 0 Å². The monoisotopic (exact) mass is 183 g/mol. The van der Waals surface area contributed by atoms with Gasteiger partial charge in [0, 0.05) is 5.38 Å². The summed E-state index contributed by atoms with van der Waals surface area (Å²) in [5.41, 5.74) is 0.755. The van der Waals surface area contributed by atoms with Crippen molar-refractivity contribution < 1.29 is 0 Å². The lowest BCUT2D eigenvalue weighted by Gasteiger charge is -1.62. The third kappa shape index (κ3) is 5.48. The molecule has 11 heavy (non-hydrogen) atoms. The third-order valence-corrected chi connectivity index (χ3v) is 1.56. The Balaban J connectivity index is 0.000000218. The summed E-state index contributed by atoms with van der Waals surface area (Å²) in [4.78, 5) is 0. The minimum Gasteiger partial charge on any atom is -0.192 e. The minimum absolute atomic E-state index is 0.319. The second kappa shape index (κ2) is 7.15. The van der Waals surface area contributed by atoms with Gasteiger partial charge in [0.1, 0.15) is 0 Å². The Morgan fingerprint density at radius 2 is 2.36 bits per heavy atom. The van der Waals surface area contributed by atoms with Crippen LogP contribution >= 0.6 is 22.9 Å². The molecule has 0 N–H and O–H groups in total. The second-order valence-electron chi connectivity index (χ2n) is 1.46. The number of alkyl halides is 1. The maximum atomic E-state index is 8.18. The van der Waals surface area contributed by atoms with Crippen molar-refractivity contribution in [3.63, 3.8) is 0 Å². The van der Waals surface area contributed by atoms with Gasteiger partial charge in [0.25, 0.3) is 0 Å². The van der Waals surface area contributed by atoms with E-state index < -0.39 is 0 Å². The lowest BCUT2D eigenvalue weighted by molar-refractivity contribution is 1.51. The highest BCUT2D eigenvalue weighted by Crippen LogP contribution is 2.02. The van der Waals surface area contributed by atoms with Crippen LogP contribution in [0.3, 0.4) is 0 Å². The highest BCUT2D eigenvalue weighted by Gasteiger charge is 1.82. The predicted octanol–water partition coefficient (Wildman–Crippen LogP) is 2.48. The van der Waals surface area contributed by atoms with Gasteiger partial charge in [0.2, 0.25) is 0 Å².